The average Bonchev–Trinajstić information content (AvgIpc) is 2.59. The van der Waals surface area contributed by atoms with Gasteiger partial charge in [0.15, 0.2) is 0 Å². The third-order valence-electron chi connectivity index (χ3n) is 4.44. The molecule has 1 amide bonds. The van der Waals surface area contributed by atoms with Crippen molar-refractivity contribution in [2.24, 2.45) is 0 Å². The van der Waals surface area contributed by atoms with E-state index >= 15 is 0 Å². The van der Waals surface area contributed by atoms with E-state index in [0.717, 1.165) is 43.1 Å². The number of hydrogen-bond acceptors (Lipinski definition) is 3. The first kappa shape index (κ1) is 19.3. The predicted octanol–water partition coefficient (Wildman–Crippen LogP) is 4.58. The summed E-state index contributed by atoms with van der Waals surface area (Å²) < 4.78 is 0. The first-order valence-corrected chi connectivity index (χ1v) is 9.52. The van der Waals surface area contributed by atoms with Crippen molar-refractivity contribution < 1.29 is 4.79 Å². The van der Waals surface area contributed by atoms with Crippen LogP contribution >= 0.6 is 34.8 Å². The largest absolute Gasteiger partial charge is 0.367 e. The average molecular weight is 413 g/mol. The highest BCUT2D eigenvalue weighted by atomic mass is 35.5. The molecule has 26 heavy (non-hydrogen) atoms. The predicted molar refractivity (Wildman–Crippen MR) is 110 cm³/mol. The summed E-state index contributed by atoms with van der Waals surface area (Å²) in [5, 5.41) is 4.60. The first-order valence-electron chi connectivity index (χ1n) is 8.39. The molecule has 2 aromatic rings. The highest BCUT2D eigenvalue weighted by molar-refractivity contribution is 6.35. The second-order valence-electron chi connectivity index (χ2n) is 6.41. The fourth-order valence-corrected chi connectivity index (χ4v) is 3.61. The molecule has 1 N–H and O–H groups in total. The summed E-state index contributed by atoms with van der Waals surface area (Å²) in [7, 11) is 2.11. The van der Waals surface area contributed by atoms with E-state index in [4.69, 9.17) is 34.8 Å². The number of carbonyl (C=O) groups is 1. The lowest BCUT2D eigenvalue weighted by Gasteiger charge is -2.35. The molecule has 1 aliphatic rings. The van der Waals surface area contributed by atoms with E-state index < -0.39 is 0 Å². The van der Waals surface area contributed by atoms with Gasteiger partial charge >= 0.3 is 0 Å². The Morgan fingerprint density at radius 1 is 1.00 bits per heavy atom. The molecule has 0 radical (unpaired) electrons. The maximum Gasteiger partial charge on any atom is 0.228 e. The summed E-state index contributed by atoms with van der Waals surface area (Å²) in [6, 6.07) is 10.7. The molecule has 1 fully saturated rings. The highest BCUT2D eigenvalue weighted by Crippen LogP contribution is 2.30. The highest BCUT2D eigenvalue weighted by Gasteiger charge is 2.18. The lowest BCUT2D eigenvalue weighted by molar-refractivity contribution is -0.115. The summed E-state index contributed by atoms with van der Waals surface area (Å²) in [4.78, 5) is 17.1. The van der Waals surface area contributed by atoms with Crippen molar-refractivity contribution in [3.05, 3.63) is 57.0 Å². The monoisotopic (exact) mass is 411 g/mol. The van der Waals surface area contributed by atoms with E-state index in [1.807, 2.05) is 12.1 Å². The zero-order chi connectivity index (χ0) is 18.7. The Bertz CT molecular complexity index is 805. The van der Waals surface area contributed by atoms with Crippen molar-refractivity contribution in [3.63, 3.8) is 0 Å². The van der Waals surface area contributed by atoms with Gasteiger partial charge < -0.3 is 15.1 Å². The third-order valence-corrected chi connectivity index (χ3v) is 5.26. The molecule has 1 heterocycles. The van der Waals surface area contributed by atoms with E-state index in [1.54, 1.807) is 24.3 Å². The number of nitrogens with one attached hydrogen (secondary N) is 1. The van der Waals surface area contributed by atoms with Gasteiger partial charge in [-0.2, -0.15) is 0 Å². The van der Waals surface area contributed by atoms with Gasteiger partial charge in [-0.3, -0.25) is 4.79 Å². The van der Waals surface area contributed by atoms with Crippen LogP contribution in [0.5, 0.6) is 0 Å². The second-order valence-corrected chi connectivity index (χ2v) is 7.69. The van der Waals surface area contributed by atoms with E-state index in [9.17, 15) is 4.79 Å². The van der Waals surface area contributed by atoms with Gasteiger partial charge in [0.2, 0.25) is 5.91 Å². The zero-order valence-electron chi connectivity index (χ0n) is 14.4. The Labute approximate surface area is 168 Å². The molecule has 0 bridgehead atoms. The topological polar surface area (TPSA) is 35.6 Å². The van der Waals surface area contributed by atoms with E-state index in [-0.39, 0.29) is 12.3 Å². The second kappa shape index (κ2) is 8.49. The number of hydrogen-bond donors (Lipinski definition) is 1. The Balaban J connectivity index is 1.76. The van der Waals surface area contributed by atoms with Gasteiger partial charge in [-0.15, -0.1) is 0 Å². The molecule has 3 rings (SSSR count). The van der Waals surface area contributed by atoms with Crippen LogP contribution in [0.2, 0.25) is 15.1 Å². The van der Waals surface area contributed by atoms with Crippen LogP contribution in [0.3, 0.4) is 0 Å². The van der Waals surface area contributed by atoms with Crippen molar-refractivity contribution in [1.82, 2.24) is 4.90 Å². The minimum atomic E-state index is -0.146. The van der Waals surface area contributed by atoms with E-state index in [1.165, 1.54) is 0 Å². The van der Waals surface area contributed by atoms with E-state index in [0.29, 0.717) is 15.1 Å². The van der Waals surface area contributed by atoms with Gasteiger partial charge in [0.1, 0.15) is 0 Å². The first-order chi connectivity index (χ1) is 12.4. The lowest BCUT2D eigenvalue weighted by Crippen LogP contribution is -2.44. The Hall–Kier alpha value is -1.46. The van der Waals surface area contributed by atoms with Crippen LogP contribution in [0.15, 0.2) is 36.4 Å². The van der Waals surface area contributed by atoms with Crippen molar-refractivity contribution in [3.8, 4) is 0 Å². The number of nitrogens with zero attached hydrogens (tertiary/aromatic N) is 2. The van der Waals surface area contributed by atoms with Crippen LogP contribution in [0.1, 0.15) is 5.56 Å². The summed E-state index contributed by atoms with van der Waals surface area (Å²) in [5.41, 5.74) is 2.44. The number of likely N-dealkylation sites (N-methyl/N-ethyl adjacent to an activating group) is 1. The van der Waals surface area contributed by atoms with Gasteiger partial charge in [0, 0.05) is 41.2 Å². The maximum absolute atomic E-state index is 12.5. The Morgan fingerprint density at radius 3 is 2.35 bits per heavy atom. The van der Waals surface area contributed by atoms with Crippen LogP contribution in [0.4, 0.5) is 11.4 Å². The number of halogens is 3. The molecule has 0 saturated carbocycles. The molecule has 0 aliphatic carbocycles. The number of carbonyl (C=O) groups excluding carboxylic acids is 1. The zero-order valence-corrected chi connectivity index (χ0v) is 16.7. The summed E-state index contributed by atoms with van der Waals surface area (Å²) in [6.07, 6.45) is 0.171. The summed E-state index contributed by atoms with van der Waals surface area (Å²) >= 11 is 18.2. The molecule has 1 aliphatic heterocycles. The van der Waals surface area contributed by atoms with Crippen LogP contribution < -0.4 is 10.2 Å². The quantitative estimate of drug-likeness (QED) is 0.798. The van der Waals surface area contributed by atoms with Gasteiger partial charge in [-0.05, 0) is 42.9 Å². The fraction of sp³-hybridized carbons (Fsp3) is 0.316. The summed E-state index contributed by atoms with van der Waals surface area (Å²) in [6.45, 7) is 3.78. The molecular formula is C19H20Cl3N3O. The van der Waals surface area contributed by atoms with Crippen molar-refractivity contribution >= 4 is 52.1 Å². The molecule has 1 saturated heterocycles. The van der Waals surface area contributed by atoms with Gasteiger partial charge in [0.05, 0.1) is 17.8 Å². The minimum Gasteiger partial charge on any atom is -0.367 e. The van der Waals surface area contributed by atoms with Crippen molar-refractivity contribution in [1.29, 1.82) is 0 Å². The van der Waals surface area contributed by atoms with Crippen LogP contribution in [0, 0.1) is 0 Å². The maximum atomic E-state index is 12.5. The van der Waals surface area contributed by atoms with Crippen LogP contribution in [-0.2, 0) is 11.2 Å². The number of piperazine rings is 1. The normalized spacial score (nSPS) is 15.2. The number of rotatable bonds is 4. The minimum absolute atomic E-state index is 0.146. The molecule has 0 atom stereocenters. The molecule has 2 aromatic carbocycles. The molecule has 0 aromatic heterocycles. The molecule has 7 heteroatoms. The van der Waals surface area contributed by atoms with Gasteiger partial charge in [0.25, 0.3) is 0 Å². The number of amides is 1. The van der Waals surface area contributed by atoms with E-state index in [2.05, 4.69) is 22.2 Å². The molecule has 0 spiro atoms. The third kappa shape index (κ3) is 4.83. The fourth-order valence-electron chi connectivity index (χ4n) is 2.96. The standard InChI is InChI=1S/C19H20Cl3N3O/c1-24-6-8-25(9-7-24)18-5-4-15(21)12-17(18)23-19(26)10-13-2-3-14(20)11-16(13)22/h2-5,11-12H,6-10H2,1H3,(H,23,26). The lowest BCUT2D eigenvalue weighted by atomic mass is 10.1. The number of benzene rings is 2. The van der Waals surface area contributed by atoms with Crippen LogP contribution in [-0.4, -0.2) is 44.0 Å². The molecule has 138 valence electrons. The smallest absolute Gasteiger partial charge is 0.228 e. The van der Waals surface area contributed by atoms with Gasteiger partial charge in [-0.25, -0.2) is 0 Å². The van der Waals surface area contributed by atoms with Crippen molar-refractivity contribution in [2.75, 3.05) is 43.4 Å². The number of anilines is 2. The SMILES string of the molecule is CN1CCN(c2ccc(Cl)cc2NC(=O)Cc2ccc(Cl)cc2Cl)CC1. The Kier molecular flexibility index (Phi) is 6.30. The molecular weight excluding hydrogens is 393 g/mol. The van der Waals surface area contributed by atoms with Crippen LogP contribution in [0.25, 0.3) is 0 Å². The van der Waals surface area contributed by atoms with Gasteiger partial charge in [-0.1, -0.05) is 40.9 Å². The Morgan fingerprint density at radius 2 is 1.65 bits per heavy atom. The molecule has 4 nitrogen and oxygen atoms in total. The summed E-state index contributed by atoms with van der Waals surface area (Å²) in [5.74, 6) is -0.146. The van der Waals surface area contributed by atoms with Crippen molar-refractivity contribution in [2.45, 2.75) is 6.42 Å². The molecule has 0 unspecified atom stereocenters.